The third-order valence-corrected chi connectivity index (χ3v) is 8.92. The first-order valence-electron chi connectivity index (χ1n) is 11.6. The number of nitrogens with zero attached hydrogens (tertiary/aromatic N) is 2. The fraction of sp³-hybridized carbons (Fsp3) is 0.739. The molecular weight excluding hydrogens is 462 g/mol. The van der Waals surface area contributed by atoms with Crippen LogP contribution in [0.5, 0.6) is 0 Å². The summed E-state index contributed by atoms with van der Waals surface area (Å²) in [4.78, 5) is 32.6. The Bertz CT molecular complexity index is 753. The van der Waals surface area contributed by atoms with Crippen LogP contribution in [0.4, 0.5) is 0 Å². The standard InChI is InChI=1S/C23H34BrN3O2S/c1-2-10-27-21(28)20(13-17-6-4-3-5-7-17)25-22(29)23(27)8-11-26(12-9-23)15-19-14-18(24)16-30-19/h14,16-17,20H,2-13,15H2,1H3,(H,25,29). The second kappa shape index (κ2) is 9.70. The monoisotopic (exact) mass is 495 g/mol. The summed E-state index contributed by atoms with van der Waals surface area (Å²) in [6.07, 6.45) is 9.41. The van der Waals surface area contributed by atoms with E-state index in [-0.39, 0.29) is 17.9 Å². The van der Waals surface area contributed by atoms with Crippen LogP contribution in [0.1, 0.15) is 69.6 Å². The number of hydrogen-bond acceptors (Lipinski definition) is 4. The van der Waals surface area contributed by atoms with Crippen molar-refractivity contribution >= 4 is 39.1 Å². The zero-order valence-corrected chi connectivity index (χ0v) is 20.4. The number of carbonyl (C=O) groups is 2. The van der Waals surface area contributed by atoms with E-state index in [1.165, 1.54) is 37.0 Å². The summed E-state index contributed by atoms with van der Waals surface area (Å²) < 4.78 is 1.13. The molecule has 1 aromatic rings. The highest BCUT2D eigenvalue weighted by molar-refractivity contribution is 9.10. The van der Waals surface area contributed by atoms with E-state index in [0.717, 1.165) is 49.8 Å². The minimum Gasteiger partial charge on any atom is -0.342 e. The predicted octanol–water partition coefficient (Wildman–Crippen LogP) is 4.55. The molecule has 1 saturated carbocycles. The van der Waals surface area contributed by atoms with Crippen molar-refractivity contribution in [2.75, 3.05) is 19.6 Å². The Labute approximate surface area is 192 Å². The molecule has 0 radical (unpaired) electrons. The van der Waals surface area contributed by atoms with E-state index in [4.69, 9.17) is 0 Å². The lowest BCUT2D eigenvalue weighted by atomic mass is 9.79. The van der Waals surface area contributed by atoms with Gasteiger partial charge < -0.3 is 10.2 Å². The smallest absolute Gasteiger partial charge is 0.246 e. The molecule has 166 valence electrons. The molecular formula is C23H34BrN3O2S. The number of thiophene rings is 1. The van der Waals surface area contributed by atoms with Gasteiger partial charge in [-0.25, -0.2) is 0 Å². The quantitative estimate of drug-likeness (QED) is 0.629. The van der Waals surface area contributed by atoms with Gasteiger partial charge in [0.15, 0.2) is 0 Å². The van der Waals surface area contributed by atoms with E-state index < -0.39 is 5.54 Å². The molecule has 3 fully saturated rings. The molecule has 0 bridgehead atoms. The van der Waals surface area contributed by atoms with Gasteiger partial charge in [0.2, 0.25) is 11.8 Å². The maximum absolute atomic E-state index is 13.5. The van der Waals surface area contributed by atoms with Crippen molar-refractivity contribution in [3.05, 3.63) is 20.8 Å². The fourth-order valence-electron chi connectivity index (χ4n) is 5.57. The van der Waals surface area contributed by atoms with Crippen LogP contribution >= 0.6 is 27.3 Å². The normalized spacial score (nSPS) is 25.7. The number of piperidine rings is 1. The fourth-order valence-corrected chi connectivity index (χ4v) is 7.07. The van der Waals surface area contributed by atoms with Crippen LogP contribution in [0.3, 0.4) is 0 Å². The maximum atomic E-state index is 13.5. The molecule has 4 rings (SSSR count). The second-order valence-corrected chi connectivity index (χ2v) is 11.2. The topological polar surface area (TPSA) is 52.7 Å². The van der Waals surface area contributed by atoms with E-state index in [9.17, 15) is 9.59 Å². The highest BCUT2D eigenvalue weighted by Crippen LogP contribution is 2.36. The Morgan fingerprint density at radius 2 is 1.93 bits per heavy atom. The molecule has 30 heavy (non-hydrogen) atoms. The van der Waals surface area contributed by atoms with Crippen LogP contribution in [0, 0.1) is 5.92 Å². The molecule has 0 aromatic carbocycles. The molecule has 3 aliphatic rings. The molecule has 1 N–H and O–H groups in total. The van der Waals surface area contributed by atoms with Crippen molar-refractivity contribution in [2.24, 2.45) is 5.92 Å². The minimum absolute atomic E-state index is 0.0925. The first-order chi connectivity index (χ1) is 14.5. The van der Waals surface area contributed by atoms with E-state index in [0.29, 0.717) is 12.5 Å². The van der Waals surface area contributed by atoms with Gasteiger partial charge in [-0.05, 0) is 53.6 Å². The lowest BCUT2D eigenvalue weighted by molar-refractivity contribution is -0.162. The first-order valence-corrected chi connectivity index (χ1v) is 13.3. The van der Waals surface area contributed by atoms with Crippen LogP contribution in [0.15, 0.2) is 15.9 Å². The Morgan fingerprint density at radius 3 is 2.57 bits per heavy atom. The number of carbonyl (C=O) groups excluding carboxylic acids is 2. The second-order valence-electron chi connectivity index (χ2n) is 9.29. The van der Waals surface area contributed by atoms with Gasteiger partial charge in [0.1, 0.15) is 11.6 Å². The van der Waals surface area contributed by atoms with Crippen LogP contribution in [0.25, 0.3) is 0 Å². The average molecular weight is 497 g/mol. The van der Waals surface area contributed by atoms with Gasteiger partial charge in [0.05, 0.1) is 0 Å². The lowest BCUT2D eigenvalue weighted by Gasteiger charge is -2.52. The average Bonchev–Trinajstić information content (AvgIpc) is 3.16. The molecule has 2 amide bonds. The lowest BCUT2D eigenvalue weighted by Crippen LogP contribution is -2.73. The van der Waals surface area contributed by atoms with Crippen molar-refractivity contribution in [3.8, 4) is 0 Å². The highest BCUT2D eigenvalue weighted by Gasteiger charge is 2.53. The number of nitrogens with one attached hydrogen (secondary N) is 1. The van der Waals surface area contributed by atoms with Crippen molar-refractivity contribution in [2.45, 2.75) is 82.8 Å². The third-order valence-electron chi connectivity index (χ3n) is 7.23. The van der Waals surface area contributed by atoms with Crippen molar-refractivity contribution in [3.63, 3.8) is 0 Å². The van der Waals surface area contributed by atoms with Crippen LogP contribution < -0.4 is 5.32 Å². The molecule has 2 saturated heterocycles. The maximum Gasteiger partial charge on any atom is 0.246 e. The predicted molar refractivity (Wildman–Crippen MR) is 124 cm³/mol. The summed E-state index contributed by atoms with van der Waals surface area (Å²) in [5, 5.41) is 5.29. The van der Waals surface area contributed by atoms with E-state index >= 15 is 0 Å². The number of rotatable bonds is 6. The third kappa shape index (κ3) is 4.63. The van der Waals surface area contributed by atoms with Crippen molar-refractivity contribution < 1.29 is 9.59 Å². The molecule has 1 aromatic heterocycles. The van der Waals surface area contributed by atoms with Gasteiger partial charge in [-0.2, -0.15) is 0 Å². The molecule has 2 aliphatic heterocycles. The largest absolute Gasteiger partial charge is 0.342 e. The van der Waals surface area contributed by atoms with Gasteiger partial charge in [-0.3, -0.25) is 14.5 Å². The Balaban J connectivity index is 1.43. The van der Waals surface area contributed by atoms with Crippen molar-refractivity contribution in [1.29, 1.82) is 0 Å². The summed E-state index contributed by atoms with van der Waals surface area (Å²) in [6.45, 7) is 5.41. The first kappa shape index (κ1) is 22.3. The van der Waals surface area contributed by atoms with Gasteiger partial charge in [-0.15, -0.1) is 11.3 Å². The highest BCUT2D eigenvalue weighted by atomic mass is 79.9. The van der Waals surface area contributed by atoms with Gasteiger partial charge >= 0.3 is 0 Å². The van der Waals surface area contributed by atoms with Gasteiger partial charge in [-0.1, -0.05) is 39.0 Å². The summed E-state index contributed by atoms with van der Waals surface area (Å²) in [5.41, 5.74) is -0.650. The van der Waals surface area contributed by atoms with E-state index in [1.54, 1.807) is 11.3 Å². The van der Waals surface area contributed by atoms with E-state index in [2.05, 4.69) is 44.5 Å². The van der Waals surface area contributed by atoms with Crippen LogP contribution in [-0.4, -0.2) is 52.8 Å². The van der Waals surface area contributed by atoms with Gasteiger partial charge in [0, 0.05) is 40.9 Å². The molecule has 5 nitrogen and oxygen atoms in total. The summed E-state index contributed by atoms with van der Waals surface area (Å²) in [5.74, 6) is 0.838. The molecule has 1 spiro atoms. The number of hydrogen-bond donors (Lipinski definition) is 1. The Kier molecular flexibility index (Phi) is 7.20. The minimum atomic E-state index is -0.650. The van der Waals surface area contributed by atoms with Crippen molar-refractivity contribution in [1.82, 2.24) is 15.1 Å². The number of halogens is 1. The van der Waals surface area contributed by atoms with E-state index in [1.807, 2.05) is 4.90 Å². The van der Waals surface area contributed by atoms with Crippen LogP contribution in [-0.2, 0) is 16.1 Å². The summed E-state index contributed by atoms with van der Waals surface area (Å²) in [7, 11) is 0. The summed E-state index contributed by atoms with van der Waals surface area (Å²) >= 11 is 5.29. The zero-order valence-electron chi connectivity index (χ0n) is 18.0. The molecule has 1 aliphatic carbocycles. The number of piperazine rings is 1. The SMILES string of the molecule is CCCN1C(=O)C(CC2CCCCC2)NC(=O)C12CCN(Cc1cc(Br)cs1)CC2. The Hall–Kier alpha value is -0.920. The molecule has 1 unspecified atom stereocenters. The molecule has 3 heterocycles. The number of likely N-dealkylation sites (tertiary alicyclic amines) is 1. The summed E-state index contributed by atoms with van der Waals surface area (Å²) in [6, 6.07) is 1.85. The van der Waals surface area contributed by atoms with Crippen LogP contribution in [0.2, 0.25) is 0 Å². The zero-order chi connectivity index (χ0) is 21.1. The van der Waals surface area contributed by atoms with Gasteiger partial charge in [0.25, 0.3) is 0 Å². The molecule has 1 atom stereocenters. The Morgan fingerprint density at radius 1 is 1.20 bits per heavy atom. The molecule has 7 heteroatoms. The number of amides is 2.